The van der Waals surface area contributed by atoms with Gasteiger partial charge in [0.05, 0.1) is 11.2 Å². The van der Waals surface area contributed by atoms with Gasteiger partial charge in [-0.1, -0.05) is 63.3 Å². The van der Waals surface area contributed by atoms with Crippen LogP contribution in [0.2, 0.25) is 0 Å². The Bertz CT molecular complexity index is 1400. The molecule has 0 radical (unpaired) electrons. The summed E-state index contributed by atoms with van der Waals surface area (Å²) in [6, 6.07) is 1.21. The third-order valence-corrected chi connectivity index (χ3v) is 9.15. The summed E-state index contributed by atoms with van der Waals surface area (Å²) in [7, 11) is 0. The number of aryl methyl sites for hydroxylation is 1. The summed E-state index contributed by atoms with van der Waals surface area (Å²) in [5.41, 5.74) is 0.905. The molecule has 7 nitrogen and oxygen atoms in total. The molecule has 3 heterocycles. The molecule has 1 saturated heterocycles. The maximum Gasteiger partial charge on any atom is 0.341 e. The molecule has 1 N–H and O–H groups in total. The lowest BCUT2D eigenvalue weighted by Gasteiger charge is -2.38. The molecular weight excluding hydrogens is 557 g/mol. The molecule has 240 valence electrons. The SMILES string of the molecule is CCCCC/C=C/C/C=C/CCCCCCCC(=O)N1CCN(c2c(F)cc3c(=O)c(C(=O)O)cn4c3c2CCC4C)CC1. The van der Waals surface area contributed by atoms with E-state index in [0.29, 0.717) is 50.2 Å². The second-order valence-electron chi connectivity index (χ2n) is 12.4. The van der Waals surface area contributed by atoms with Gasteiger partial charge in [-0.05, 0) is 64.4 Å². The van der Waals surface area contributed by atoms with E-state index in [1.54, 1.807) is 0 Å². The zero-order valence-corrected chi connectivity index (χ0v) is 26.7. The molecule has 4 rings (SSSR count). The monoisotopic (exact) mass is 607 g/mol. The van der Waals surface area contributed by atoms with E-state index >= 15 is 4.39 Å². The van der Waals surface area contributed by atoms with Gasteiger partial charge in [0, 0.05) is 55.8 Å². The molecule has 2 aliphatic heterocycles. The predicted octanol–water partition coefficient (Wildman–Crippen LogP) is 7.81. The number of aromatic carboxylic acids is 1. The number of amides is 1. The molecule has 2 aliphatic rings. The third kappa shape index (κ3) is 8.39. The molecule has 0 bridgehead atoms. The summed E-state index contributed by atoms with van der Waals surface area (Å²) in [6.07, 6.45) is 25.1. The molecule has 1 atom stereocenters. The fraction of sp³-hybridized carbons (Fsp3) is 0.583. The first-order valence-corrected chi connectivity index (χ1v) is 16.8. The number of benzene rings is 1. The van der Waals surface area contributed by atoms with Crippen LogP contribution in [-0.4, -0.2) is 52.6 Å². The first-order chi connectivity index (χ1) is 21.3. The summed E-state index contributed by atoms with van der Waals surface area (Å²) in [5, 5.41) is 9.65. The minimum absolute atomic E-state index is 0.00527. The van der Waals surface area contributed by atoms with Crippen molar-refractivity contribution in [3.8, 4) is 0 Å². The molecule has 1 amide bonds. The number of unbranched alkanes of at least 4 members (excludes halogenated alkanes) is 8. The normalized spacial score (nSPS) is 16.9. The number of carboxylic acids is 1. The zero-order chi connectivity index (χ0) is 31.5. The number of hydrogen-bond acceptors (Lipinski definition) is 4. The number of allylic oxidation sites excluding steroid dienone is 4. The van der Waals surface area contributed by atoms with Gasteiger partial charge in [0.1, 0.15) is 11.4 Å². The van der Waals surface area contributed by atoms with Gasteiger partial charge in [-0.15, -0.1) is 0 Å². The van der Waals surface area contributed by atoms with E-state index in [-0.39, 0.29) is 22.9 Å². The van der Waals surface area contributed by atoms with Crippen LogP contribution in [-0.2, 0) is 11.2 Å². The number of carbonyl (C=O) groups excluding carboxylic acids is 1. The fourth-order valence-corrected chi connectivity index (χ4v) is 6.55. The van der Waals surface area contributed by atoms with Crippen LogP contribution in [0.3, 0.4) is 0 Å². The van der Waals surface area contributed by atoms with Gasteiger partial charge in [-0.25, -0.2) is 9.18 Å². The van der Waals surface area contributed by atoms with Crippen LogP contribution < -0.4 is 10.3 Å². The lowest BCUT2D eigenvalue weighted by Crippen LogP contribution is -2.49. The number of hydrogen-bond donors (Lipinski definition) is 1. The third-order valence-electron chi connectivity index (χ3n) is 9.15. The van der Waals surface area contributed by atoms with Crippen LogP contribution in [0.25, 0.3) is 10.9 Å². The Balaban J connectivity index is 1.21. The lowest BCUT2D eigenvalue weighted by molar-refractivity contribution is -0.131. The highest BCUT2D eigenvalue weighted by atomic mass is 19.1. The van der Waals surface area contributed by atoms with Gasteiger partial charge in [0.25, 0.3) is 0 Å². The summed E-state index contributed by atoms with van der Waals surface area (Å²) in [6.45, 7) is 6.34. The predicted molar refractivity (Wildman–Crippen MR) is 176 cm³/mol. The van der Waals surface area contributed by atoms with Crippen molar-refractivity contribution in [2.45, 2.75) is 110 Å². The highest BCUT2D eigenvalue weighted by molar-refractivity contribution is 5.95. The maximum absolute atomic E-state index is 15.6. The van der Waals surface area contributed by atoms with E-state index in [9.17, 15) is 19.5 Å². The van der Waals surface area contributed by atoms with Crippen LogP contribution in [0, 0.1) is 5.82 Å². The Morgan fingerprint density at radius 1 is 0.955 bits per heavy atom. The van der Waals surface area contributed by atoms with Crippen LogP contribution in [0.15, 0.2) is 41.4 Å². The molecule has 1 aromatic heterocycles. The van der Waals surface area contributed by atoms with Gasteiger partial charge in [0.2, 0.25) is 11.3 Å². The van der Waals surface area contributed by atoms with Crippen LogP contribution in [0.1, 0.15) is 119 Å². The maximum atomic E-state index is 15.6. The Labute approximate surface area is 261 Å². The van der Waals surface area contributed by atoms with Crippen molar-refractivity contribution >= 4 is 28.5 Å². The topological polar surface area (TPSA) is 82.8 Å². The second-order valence-corrected chi connectivity index (χ2v) is 12.4. The Hall–Kier alpha value is -3.42. The smallest absolute Gasteiger partial charge is 0.341 e. The average molecular weight is 608 g/mol. The first kappa shape index (κ1) is 33.5. The lowest BCUT2D eigenvalue weighted by atomic mass is 9.93. The minimum atomic E-state index is -1.30. The van der Waals surface area contributed by atoms with Gasteiger partial charge in [-0.2, -0.15) is 0 Å². The molecule has 0 saturated carbocycles. The van der Waals surface area contributed by atoms with Crippen molar-refractivity contribution in [2.75, 3.05) is 31.1 Å². The molecule has 0 spiro atoms. The van der Waals surface area contributed by atoms with Crippen molar-refractivity contribution in [3.63, 3.8) is 0 Å². The Morgan fingerprint density at radius 2 is 1.61 bits per heavy atom. The van der Waals surface area contributed by atoms with Crippen molar-refractivity contribution in [2.24, 2.45) is 0 Å². The number of rotatable bonds is 16. The van der Waals surface area contributed by atoms with E-state index in [0.717, 1.165) is 44.1 Å². The van der Waals surface area contributed by atoms with Crippen LogP contribution >= 0.6 is 0 Å². The second kappa shape index (κ2) is 16.6. The van der Waals surface area contributed by atoms with Gasteiger partial charge in [-0.3, -0.25) is 9.59 Å². The van der Waals surface area contributed by atoms with E-state index in [1.807, 2.05) is 21.3 Å². The van der Waals surface area contributed by atoms with Gasteiger partial charge >= 0.3 is 5.97 Å². The van der Waals surface area contributed by atoms with E-state index in [2.05, 4.69) is 31.2 Å². The van der Waals surface area contributed by atoms with E-state index in [1.165, 1.54) is 50.8 Å². The van der Waals surface area contributed by atoms with Crippen molar-refractivity contribution < 1.29 is 19.1 Å². The van der Waals surface area contributed by atoms with Crippen molar-refractivity contribution in [3.05, 3.63) is 63.7 Å². The summed E-state index contributed by atoms with van der Waals surface area (Å²) >= 11 is 0. The number of anilines is 1. The molecule has 8 heteroatoms. The number of halogens is 1. The summed E-state index contributed by atoms with van der Waals surface area (Å²) in [5.74, 6) is -1.64. The van der Waals surface area contributed by atoms with E-state index in [4.69, 9.17) is 0 Å². The zero-order valence-electron chi connectivity index (χ0n) is 26.7. The number of nitrogens with zero attached hydrogens (tertiary/aromatic N) is 3. The highest BCUT2D eigenvalue weighted by Gasteiger charge is 2.30. The first-order valence-electron chi connectivity index (χ1n) is 16.8. The number of pyridine rings is 1. The minimum Gasteiger partial charge on any atom is -0.477 e. The van der Waals surface area contributed by atoms with Gasteiger partial charge in [0.15, 0.2) is 0 Å². The van der Waals surface area contributed by atoms with Crippen molar-refractivity contribution in [1.29, 1.82) is 0 Å². The molecule has 44 heavy (non-hydrogen) atoms. The average Bonchev–Trinajstić information content (AvgIpc) is 3.01. The standard InChI is InChI=1S/C36H50FN3O4/c1-3-4-5-6-7-8-9-10-11-12-13-14-15-16-17-18-32(41)38-21-23-39(24-22-38)34-28-20-19-27(2)40-26-30(36(43)44)35(42)29(33(28)40)25-31(34)37/h7-8,10-11,25-27H,3-6,9,12-24H2,1-2H3,(H,43,44)/b8-7+,11-10+. The number of carboxylic acid groups (broad SMARTS) is 1. The van der Waals surface area contributed by atoms with Crippen LogP contribution in [0.4, 0.5) is 10.1 Å². The quantitative estimate of drug-likeness (QED) is 0.155. The summed E-state index contributed by atoms with van der Waals surface area (Å²) < 4.78 is 17.4. The van der Waals surface area contributed by atoms with Crippen molar-refractivity contribution in [1.82, 2.24) is 9.47 Å². The molecule has 0 aliphatic carbocycles. The molecule has 2 aromatic rings. The molecule has 1 unspecified atom stereocenters. The summed E-state index contributed by atoms with van der Waals surface area (Å²) in [4.78, 5) is 41.3. The molecular formula is C36H50FN3O4. The molecule has 1 aromatic carbocycles. The number of piperazine rings is 1. The largest absolute Gasteiger partial charge is 0.477 e. The van der Waals surface area contributed by atoms with Crippen LogP contribution in [0.5, 0.6) is 0 Å². The molecule has 1 fully saturated rings. The number of aromatic nitrogens is 1. The Morgan fingerprint density at radius 3 is 2.30 bits per heavy atom. The van der Waals surface area contributed by atoms with E-state index < -0.39 is 17.2 Å². The number of carbonyl (C=O) groups is 2. The highest BCUT2D eigenvalue weighted by Crippen LogP contribution is 2.38. The Kier molecular flexibility index (Phi) is 12.6. The van der Waals surface area contributed by atoms with Gasteiger partial charge < -0.3 is 19.5 Å². The fourth-order valence-electron chi connectivity index (χ4n) is 6.55.